The molecule has 0 bridgehead atoms. The zero-order valence-electron chi connectivity index (χ0n) is 8.80. The molecule has 1 saturated carbocycles. The summed E-state index contributed by atoms with van der Waals surface area (Å²) in [5.41, 5.74) is 0. The number of hydrogen-bond acceptors (Lipinski definition) is 2. The molecule has 3 nitrogen and oxygen atoms in total. The normalized spacial score (nSPS) is 16.6. The first-order valence-electron chi connectivity index (χ1n) is 5.71. The van der Waals surface area contributed by atoms with Crippen molar-refractivity contribution in [1.29, 1.82) is 0 Å². The highest BCUT2D eigenvalue weighted by molar-refractivity contribution is 5.66. The Bertz CT molecular complexity index is 167. The van der Waals surface area contributed by atoms with Crippen molar-refractivity contribution in [2.24, 2.45) is 5.92 Å². The van der Waals surface area contributed by atoms with Gasteiger partial charge in [0.15, 0.2) is 0 Å². The fraction of sp³-hybridized carbons (Fsp3) is 0.909. The minimum Gasteiger partial charge on any atom is -0.481 e. The number of hydrogen-bond donors (Lipinski definition) is 2. The van der Waals surface area contributed by atoms with Crippen LogP contribution < -0.4 is 5.32 Å². The monoisotopic (exact) mass is 199 g/mol. The van der Waals surface area contributed by atoms with Crippen LogP contribution in [0.1, 0.15) is 44.9 Å². The number of nitrogens with one attached hydrogen (secondary N) is 1. The lowest BCUT2D eigenvalue weighted by atomic mass is 9.83. The summed E-state index contributed by atoms with van der Waals surface area (Å²) < 4.78 is 0. The Morgan fingerprint density at radius 1 is 1.29 bits per heavy atom. The van der Waals surface area contributed by atoms with E-state index in [-0.39, 0.29) is 0 Å². The Labute approximate surface area is 85.9 Å². The van der Waals surface area contributed by atoms with E-state index in [9.17, 15) is 4.79 Å². The number of rotatable bonds is 8. The van der Waals surface area contributed by atoms with Crippen LogP contribution in [0.5, 0.6) is 0 Å². The molecule has 0 amide bonds. The van der Waals surface area contributed by atoms with E-state index in [0.717, 1.165) is 31.8 Å². The molecule has 0 aromatic carbocycles. The van der Waals surface area contributed by atoms with Crippen molar-refractivity contribution in [3.63, 3.8) is 0 Å². The largest absolute Gasteiger partial charge is 0.481 e. The summed E-state index contributed by atoms with van der Waals surface area (Å²) in [4.78, 5) is 10.2. The van der Waals surface area contributed by atoms with Gasteiger partial charge in [0, 0.05) is 6.42 Å². The average molecular weight is 199 g/mol. The average Bonchev–Trinajstić information content (AvgIpc) is 2.06. The standard InChI is InChI=1S/C11H21NO2/c13-11(14)6-1-2-8-12-9-7-10-4-3-5-10/h10,12H,1-9H2,(H,13,14). The van der Waals surface area contributed by atoms with Gasteiger partial charge in [-0.1, -0.05) is 19.3 Å². The molecule has 0 radical (unpaired) electrons. The molecule has 82 valence electrons. The van der Waals surface area contributed by atoms with Crippen molar-refractivity contribution in [3.05, 3.63) is 0 Å². The van der Waals surface area contributed by atoms with Gasteiger partial charge < -0.3 is 10.4 Å². The maximum Gasteiger partial charge on any atom is 0.303 e. The highest BCUT2D eigenvalue weighted by atomic mass is 16.4. The van der Waals surface area contributed by atoms with Crippen LogP contribution in [0.2, 0.25) is 0 Å². The molecule has 0 aromatic rings. The lowest BCUT2D eigenvalue weighted by Crippen LogP contribution is -2.22. The van der Waals surface area contributed by atoms with Gasteiger partial charge in [-0.3, -0.25) is 4.79 Å². The van der Waals surface area contributed by atoms with E-state index in [1.165, 1.54) is 25.7 Å². The number of carboxylic acids is 1. The van der Waals surface area contributed by atoms with Gasteiger partial charge in [-0.25, -0.2) is 0 Å². The quantitative estimate of drug-likeness (QED) is 0.588. The molecule has 0 aromatic heterocycles. The third-order valence-corrected chi connectivity index (χ3v) is 2.95. The Kier molecular flexibility index (Phi) is 5.60. The number of carboxylic acid groups (broad SMARTS) is 1. The fourth-order valence-electron chi connectivity index (χ4n) is 1.74. The molecule has 14 heavy (non-hydrogen) atoms. The van der Waals surface area contributed by atoms with Crippen molar-refractivity contribution in [3.8, 4) is 0 Å². The van der Waals surface area contributed by atoms with Crippen LogP contribution >= 0.6 is 0 Å². The van der Waals surface area contributed by atoms with Gasteiger partial charge in [0.1, 0.15) is 0 Å². The molecule has 1 fully saturated rings. The van der Waals surface area contributed by atoms with Crippen LogP contribution in [0.15, 0.2) is 0 Å². The molecule has 1 aliphatic rings. The zero-order chi connectivity index (χ0) is 10.2. The zero-order valence-corrected chi connectivity index (χ0v) is 8.80. The maximum atomic E-state index is 10.2. The first-order chi connectivity index (χ1) is 6.79. The molecule has 0 aliphatic heterocycles. The van der Waals surface area contributed by atoms with E-state index < -0.39 is 5.97 Å². The molecular formula is C11H21NO2. The molecule has 0 atom stereocenters. The summed E-state index contributed by atoms with van der Waals surface area (Å²) in [6.45, 7) is 2.08. The lowest BCUT2D eigenvalue weighted by molar-refractivity contribution is -0.137. The van der Waals surface area contributed by atoms with Gasteiger partial charge in [0.25, 0.3) is 0 Å². The number of unbranched alkanes of at least 4 members (excludes halogenated alkanes) is 1. The van der Waals surface area contributed by atoms with Crippen molar-refractivity contribution in [2.75, 3.05) is 13.1 Å². The van der Waals surface area contributed by atoms with E-state index in [4.69, 9.17) is 5.11 Å². The molecule has 0 unspecified atom stereocenters. The predicted molar refractivity (Wildman–Crippen MR) is 56.3 cm³/mol. The van der Waals surface area contributed by atoms with Gasteiger partial charge in [-0.15, -0.1) is 0 Å². The van der Waals surface area contributed by atoms with E-state index in [1.54, 1.807) is 0 Å². The van der Waals surface area contributed by atoms with Gasteiger partial charge in [-0.05, 0) is 38.3 Å². The second-order valence-electron chi connectivity index (χ2n) is 4.19. The predicted octanol–water partition coefficient (Wildman–Crippen LogP) is 2.02. The lowest BCUT2D eigenvalue weighted by Gasteiger charge is -2.25. The Balaban J connectivity index is 1.73. The molecule has 1 rings (SSSR count). The van der Waals surface area contributed by atoms with Crippen LogP contribution in [0, 0.1) is 5.92 Å². The minimum absolute atomic E-state index is 0.310. The molecule has 2 N–H and O–H groups in total. The van der Waals surface area contributed by atoms with Crippen LogP contribution in [0.3, 0.4) is 0 Å². The van der Waals surface area contributed by atoms with Crippen LogP contribution in [-0.2, 0) is 4.79 Å². The topological polar surface area (TPSA) is 49.3 Å². The van der Waals surface area contributed by atoms with Gasteiger partial charge in [-0.2, -0.15) is 0 Å². The molecular weight excluding hydrogens is 178 g/mol. The molecule has 3 heteroatoms. The molecule has 0 spiro atoms. The first-order valence-corrected chi connectivity index (χ1v) is 5.71. The minimum atomic E-state index is -0.681. The second kappa shape index (κ2) is 6.82. The van der Waals surface area contributed by atoms with E-state index in [1.807, 2.05) is 0 Å². The summed E-state index contributed by atoms with van der Waals surface area (Å²) in [5, 5.41) is 11.8. The fourth-order valence-corrected chi connectivity index (χ4v) is 1.74. The van der Waals surface area contributed by atoms with Crippen molar-refractivity contribution < 1.29 is 9.90 Å². The summed E-state index contributed by atoms with van der Waals surface area (Å²) in [6, 6.07) is 0. The van der Waals surface area contributed by atoms with Gasteiger partial charge in [0.2, 0.25) is 0 Å². The SMILES string of the molecule is O=C(O)CCCCNCCC1CCC1. The van der Waals surface area contributed by atoms with Gasteiger partial charge in [0.05, 0.1) is 0 Å². The van der Waals surface area contributed by atoms with Crippen molar-refractivity contribution in [2.45, 2.75) is 44.9 Å². The summed E-state index contributed by atoms with van der Waals surface area (Å²) in [6.07, 6.45) is 7.65. The Morgan fingerprint density at radius 2 is 2.07 bits per heavy atom. The Morgan fingerprint density at radius 3 is 2.64 bits per heavy atom. The van der Waals surface area contributed by atoms with E-state index in [0.29, 0.717) is 6.42 Å². The maximum absolute atomic E-state index is 10.2. The van der Waals surface area contributed by atoms with E-state index in [2.05, 4.69) is 5.32 Å². The van der Waals surface area contributed by atoms with Crippen molar-refractivity contribution in [1.82, 2.24) is 5.32 Å². The third-order valence-electron chi connectivity index (χ3n) is 2.95. The molecule has 0 heterocycles. The van der Waals surface area contributed by atoms with Crippen LogP contribution in [0.4, 0.5) is 0 Å². The third kappa shape index (κ3) is 5.22. The highest BCUT2D eigenvalue weighted by Gasteiger charge is 2.15. The number of aliphatic carboxylic acids is 1. The number of carbonyl (C=O) groups is 1. The van der Waals surface area contributed by atoms with Crippen molar-refractivity contribution >= 4 is 5.97 Å². The molecule has 0 saturated heterocycles. The van der Waals surface area contributed by atoms with Gasteiger partial charge >= 0.3 is 5.97 Å². The van der Waals surface area contributed by atoms with Crippen LogP contribution in [-0.4, -0.2) is 24.2 Å². The summed E-state index contributed by atoms with van der Waals surface area (Å²) in [7, 11) is 0. The summed E-state index contributed by atoms with van der Waals surface area (Å²) in [5.74, 6) is 0.293. The summed E-state index contributed by atoms with van der Waals surface area (Å²) >= 11 is 0. The molecule has 1 aliphatic carbocycles. The first kappa shape index (κ1) is 11.5. The van der Waals surface area contributed by atoms with E-state index >= 15 is 0 Å². The smallest absolute Gasteiger partial charge is 0.303 e. The second-order valence-corrected chi connectivity index (χ2v) is 4.19. The Hall–Kier alpha value is -0.570. The van der Waals surface area contributed by atoms with Crippen LogP contribution in [0.25, 0.3) is 0 Å². The highest BCUT2D eigenvalue weighted by Crippen LogP contribution is 2.28.